The number of hydrogen-bond acceptors (Lipinski definition) is 6. The Labute approximate surface area is 120 Å². The van der Waals surface area contributed by atoms with Crippen molar-refractivity contribution in [3.8, 4) is 5.75 Å². The van der Waals surface area contributed by atoms with Gasteiger partial charge in [-0.15, -0.1) is 0 Å². The molecule has 0 saturated heterocycles. The fourth-order valence-corrected chi connectivity index (χ4v) is 2.76. The number of nitrogens with zero attached hydrogens (tertiary/aromatic N) is 2. The molecule has 0 aliphatic heterocycles. The van der Waals surface area contributed by atoms with Gasteiger partial charge in [-0.25, -0.2) is 9.97 Å². The Morgan fingerprint density at radius 1 is 1.40 bits per heavy atom. The third kappa shape index (κ3) is 2.75. The molecule has 1 N–H and O–H groups in total. The summed E-state index contributed by atoms with van der Waals surface area (Å²) in [6.07, 6.45) is 1.71. The minimum atomic E-state index is 0.534. The molecule has 0 atom stereocenters. The molecule has 5 nitrogen and oxygen atoms in total. The summed E-state index contributed by atoms with van der Waals surface area (Å²) >= 11 is 1.59. The van der Waals surface area contributed by atoms with Crippen molar-refractivity contribution in [3.63, 3.8) is 0 Å². The maximum atomic E-state index is 5.49. The van der Waals surface area contributed by atoms with Crippen molar-refractivity contribution < 1.29 is 9.15 Å². The topological polar surface area (TPSA) is 60.2 Å². The first-order chi connectivity index (χ1) is 9.74. The summed E-state index contributed by atoms with van der Waals surface area (Å²) in [5, 5.41) is 4.08. The zero-order chi connectivity index (χ0) is 13.9. The molecule has 20 heavy (non-hydrogen) atoms. The number of aromatic nitrogens is 2. The van der Waals surface area contributed by atoms with Gasteiger partial charge in [0.05, 0.1) is 29.6 Å². The molecule has 0 aliphatic rings. The van der Waals surface area contributed by atoms with Gasteiger partial charge in [0.1, 0.15) is 11.5 Å². The summed E-state index contributed by atoms with van der Waals surface area (Å²) in [6, 6.07) is 5.92. The standard InChI is InChI=1S/C14H15N3O2S/c1-3-18-10-4-5-11-12(6-10)20-14(17-11)16-8-13-15-7-9(2)19-13/h4-7H,3,8H2,1-2H3,(H,16,17). The van der Waals surface area contributed by atoms with Gasteiger partial charge >= 0.3 is 0 Å². The van der Waals surface area contributed by atoms with E-state index < -0.39 is 0 Å². The number of benzene rings is 1. The predicted octanol–water partition coefficient (Wildman–Crippen LogP) is 3.60. The molecule has 0 bridgehead atoms. The average Bonchev–Trinajstić information content (AvgIpc) is 3.02. The zero-order valence-electron chi connectivity index (χ0n) is 11.3. The monoisotopic (exact) mass is 289 g/mol. The minimum Gasteiger partial charge on any atom is -0.494 e. The number of rotatable bonds is 5. The molecule has 0 aliphatic carbocycles. The summed E-state index contributed by atoms with van der Waals surface area (Å²) in [5.41, 5.74) is 0.963. The Balaban J connectivity index is 1.75. The van der Waals surface area contributed by atoms with Crippen LogP contribution in [0.15, 0.2) is 28.8 Å². The Kier molecular flexibility index (Phi) is 3.56. The van der Waals surface area contributed by atoms with Crippen LogP contribution in [0, 0.1) is 6.92 Å². The molecule has 1 aromatic carbocycles. The maximum Gasteiger partial charge on any atom is 0.213 e. The fourth-order valence-electron chi connectivity index (χ4n) is 1.87. The number of fused-ring (bicyclic) bond motifs is 1. The summed E-state index contributed by atoms with van der Waals surface area (Å²) in [4.78, 5) is 8.67. The van der Waals surface area contributed by atoms with Crippen molar-refractivity contribution in [1.29, 1.82) is 0 Å². The van der Waals surface area contributed by atoms with E-state index in [1.807, 2.05) is 32.0 Å². The second-order valence-electron chi connectivity index (χ2n) is 4.30. The van der Waals surface area contributed by atoms with Crippen LogP contribution in [-0.4, -0.2) is 16.6 Å². The van der Waals surface area contributed by atoms with Gasteiger partial charge in [-0.2, -0.15) is 0 Å². The molecule has 0 fully saturated rings. The molecule has 3 rings (SSSR count). The second-order valence-corrected chi connectivity index (χ2v) is 5.33. The van der Waals surface area contributed by atoms with Crippen LogP contribution in [0.3, 0.4) is 0 Å². The fraction of sp³-hybridized carbons (Fsp3) is 0.286. The highest BCUT2D eigenvalue weighted by Crippen LogP contribution is 2.29. The molecular weight excluding hydrogens is 274 g/mol. The van der Waals surface area contributed by atoms with Gasteiger partial charge in [-0.3, -0.25) is 0 Å². The average molecular weight is 289 g/mol. The highest BCUT2D eigenvalue weighted by molar-refractivity contribution is 7.22. The van der Waals surface area contributed by atoms with Crippen molar-refractivity contribution in [2.75, 3.05) is 11.9 Å². The van der Waals surface area contributed by atoms with Gasteiger partial charge in [0, 0.05) is 0 Å². The lowest BCUT2D eigenvalue weighted by Crippen LogP contribution is -1.98. The van der Waals surface area contributed by atoms with E-state index in [0.29, 0.717) is 19.0 Å². The second kappa shape index (κ2) is 5.50. The largest absolute Gasteiger partial charge is 0.494 e. The molecule has 6 heteroatoms. The highest BCUT2D eigenvalue weighted by Gasteiger charge is 2.06. The molecule has 104 valence electrons. The van der Waals surface area contributed by atoms with Crippen LogP contribution in [0.25, 0.3) is 10.2 Å². The number of aryl methyl sites for hydroxylation is 1. The lowest BCUT2D eigenvalue weighted by atomic mass is 10.3. The molecule has 2 heterocycles. The van der Waals surface area contributed by atoms with Gasteiger partial charge in [0.15, 0.2) is 5.13 Å². The van der Waals surface area contributed by atoms with Crippen LogP contribution in [0.4, 0.5) is 5.13 Å². The van der Waals surface area contributed by atoms with Gasteiger partial charge in [-0.1, -0.05) is 11.3 Å². The van der Waals surface area contributed by atoms with E-state index in [1.165, 1.54) is 0 Å². The number of anilines is 1. The van der Waals surface area contributed by atoms with Crippen molar-refractivity contribution in [2.45, 2.75) is 20.4 Å². The van der Waals surface area contributed by atoms with Crippen LogP contribution in [0.5, 0.6) is 5.75 Å². The Morgan fingerprint density at radius 3 is 3.05 bits per heavy atom. The van der Waals surface area contributed by atoms with E-state index in [9.17, 15) is 0 Å². The van der Waals surface area contributed by atoms with Crippen molar-refractivity contribution in [2.24, 2.45) is 0 Å². The van der Waals surface area contributed by atoms with Gasteiger partial charge in [0.2, 0.25) is 5.89 Å². The SMILES string of the molecule is CCOc1ccc2nc(NCc3ncc(C)o3)sc2c1. The Hall–Kier alpha value is -2.08. The van der Waals surface area contributed by atoms with Crippen LogP contribution in [0.2, 0.25) is 0 Å². The molecule has 0 unspecified atom stereocenters. The molecule has 0 saturated carbocycles. The predicted molar refractivity (Wildman–Crippen MR) is 79.4 cm³/mol. The van der Waals surface area contributed by atoms with Crippen LogP contribution in [-0.2, 0) is 6.54 Å². The molecule has 0 amide bonds. The van der Waals surface area contributed by atoms with Crippen molar-refractivity contribution >= 4 is 26.7 Å². The minimum absolute atomic E-state index is 0.534. The third-order valence-corrected chi connectivity index (χ3v) is 3.71. The van der Waals surface area contributed by atoms with Crippen molar-refractivity contribution in [1.82, 2.24) is 9.97 Å². The third-order valence-electron chi connectivity index (χ3n) is 2.73. The lowest BCUT2D eigenvalue weighted by Gasteiger charge is -2.00. The van der Waals surface area contributed by atoms with E-state index in [4.69, 9.17) is 9.15 Å². The van der Waals surface area contributed by atoms with E-state index in [-0.39, 0.29) is 0 Å². The Morgan fingerprint density at radius 2 is 2.30 bits per heavy atom. The highest BCUT2D eigenvalue weighted by atomic mass is 32.1. The van der Waals surface area contributed by atoms with Gasteiger partial charge < -0.3 is 14.5 Å². The van der Waals surface area contributed by atoms with Crippen LogP contribution >= 0.6 is 11.3 Å². The molecule has 3 aromatic rings. The zero-order valence-corrected chi connectivity index (χ0v) is 12.2. The Bertz CT molecular complexity index is 720. The van der Waals surface area contributed by atoms with E-state index in [2.05, 4.69) is 15.3 Å². The van der Waals surface area contributed by atoms with E-state index >= 15 is 0 Å². The molecule has 0 spiro atoms. The first-order valence-electron chi connectivity index (χ1n) is 6.43. The summed E-state index contributed by atoms with van der Waals surface area (Å²) in [7, 11) is 0. The molecule has 2 aromatic heterocycles. The van der Waals surface area contributed by atoms with Crippen LogP contribution in [0.1, 0.15) is 18.6 Å². The first kappa shape index (κ1) is 12.9. The van der Waals surface area contributed by atoms with E-state index in [0.717, 1.165) is 26.9 Å². The summed E-state index contributed by atoms with van der Waals surface area (Å²) in [6.45, 7) is 5.05. The maximum absolute atomic E-state index is 5.49. The number of hydrogen-bond donors (Lipinski definition) is 1. The smallest absolute Gasteiger partial charge is 0.213 e. The normalized spacial score (nSPS) is 10.9. The van der Waals surface area contributed by atoms with Gasteiger partial charge in [-0.05, 0) is 32.0 Å². The number of nitrogens with one attached hydrogen (secondary N) is 1. The number of thiazole rings is 1. The van der Waals surface area contributed by atoms with Gasteiger partial charge in [0.25, 0.3) is 0 Å². The quantitative estimate of drug-likeness (QED) is 0.777. The van der Waals surface area contributed by atoms with Crippen molar-refractivity contribution in [3.05, 3.63) is 36.0 Å². The molecule has 0 radical (unpaired) electrons. The number of oxazole rings is 1. The summed E-state index contributed by atoms with van der Waals surface area (Å²) in [5.74, 6) is 2.35. The lowest BCUT2D eigenvalue weighted by molar-refractivity contribution is 0.341. The number of ether oxygens (including phenoxy) is 1. The van der Waals surface area contributed by atoms with E-state index in [1.54, 1.807) is 17.5 Å². The van der Waals surface area contributed by atoms with Crippen LogP contribution < -0.4 is 10.1 Å². The first-order valence-corrected chi connectivity index (χ1v) is 7.25. The molecular formula is C14H15N3O2S. The summed E-state index contributed by atoms with van der Waals surface area (Å²) < 4.78 is 12.0.